The van der Waals surface area contributed by atoms with Crippen LogP contribution in [0.3, 0.4) is 0 Å². The van der Waals surface area contributed by atoms with Crippen LogP contribution in [0.5, 0.6) is 0 Å². The number of halogens is 1. The van der Waals surface area contributed by atoms with E-state index >= 15 is 0 Å². The molecule has 3 rings (SSSR count). The Bertz CT molecular complexity index is 1010. The van der Waals surface area contributed by atoms with Gasteiger partial charge in [0.25, 0.3) is 0 Å². The summed E-state index contributed by atoms with van der Waals surface area (Å²) in [5, 5.41) is 5.22. The van der Waals surface area contributed by atoms with Gasteiger partial charge in [-0.3, -0.25) is 4.68 Å². The number of aromatic nitrogens is 3. The van der Waals surface area contributed by atoms with E-state index in [4.69, 9.17) is 4.74 Å². The Hall–Kier alpha value is -2.96. The van der Waals surface area contributed by atoms with Crippen molar-refractivity contribution in [1.82, 2.24) is 14.8 Å². The Labute approximate surface area is 157 Å². The Kier molecular flexibility index (Phi) is 5.12. The van der Waals surface area contributed by atoms with Crippen molar-refractivity contribution in [1.29, 1.82) is 0 Å². The lowest BCUT2D eigenvalue weighted by atomic mass is 10.1. The van der Waals surface area contributed by atoms with E-state index < -0.39 is 5.97 Å². The molecule has 6 nitrogen and oxygen atoms in total. The average molecular weight is 370 g/mol. The number of benzene rings is 1. The van der Waals surface area contributed by atoms with Crippen molar-refractivity contribution < 1.29 is 13.9 Å². The van der Waals surface area contributed by atoms with Gasteiger partial charge >= 0.3 is 5.97 Å². The standard InChI is InChI=1S/C20H23FN4O2/c1-6-27-20(26)15-10-22-19-17(13(3)23-25(19)5)18(15)24(4)11-14-8-7-12(2)16(21)9-14/h7-10H,6,11H2,1-5H3. The maximum atomic E-state index is 13.9. The van der Waals surface area contributed by atoms with Crippen LogP contribution in [0, 0.1) is 19.7 Å². The van der Waals surface area contributed by atoms with E-state index in [-0.39, 0.29) is 12.4 Å². The summed E-state index contributed by atoms with van der Waals surface area (Å²) in [6.45, 7) is 6.07. The Morgan fingerprint density at radius 3 is 2.74 bits per heavy atom. The van der Waals surface area contributed by atoms with Crippen molar-refractivity contribution in [3.8, 4) is 0 Å². The fraction of sp³-hybridized carbons (Fsp3) is 0.350. The smallest absolute Gasteiger partial charge is 0.341 e. The van der Waals surface area contributed by atoms with Gasteiger partial charge in [-0.05, 0) is 38.0 Å². The molecule has 142 valence electrons. The molecule has 0 spiro atoms. The van der Waals surface area contributed by atoms with E-state index in [1.807, 2.05) is 32.0 Å². The average Bonchev–Trinajstić information content (AvgIpc) is 2.91. The molecule has 0 atom stereocenters. The number of pyridine rings is 1. The summed E-state index contributed by atoms with van der Waals surface area (Å²) < 4.78 is 20.8. The zero-order valence-corrected chi connectivity index (χ0v) is 16.2. The number of anilines is 1. The van der Waals surface area contributed by atoms with Gasteiger partial charge in [0.15, 0.2) is 5.65 Å². The number of rotatable bonds is 5. The molecule has 0 saturated heterocycles. The third-order valence-corrected chi connectivity index (χ3v) is 4.53. The molecule has 0 saturated carbocycles. The monoisotopic (exact) mass is 370 g/mol. The highest BCUT2D eigenvalue weighted by Gasteiger charge is 2.23. The number of carbonyl (C=O) groups is 1. The van der Waals surface area contributed by atoms with Crippen LogP contribution in [-0.4, -0.2) is 34.4 Å². The third-order valence-electron chi connectivity index (χ3n) is 4.53. The van der Waals surface area contributed by atoms with E-state index in [2.05, 4.69) is 10.1 Å². The molecule has 2 heterocycles. The highest BCUT2D eigenvalue weighted by Crippen LogP contribution is 2.32. The van der Waals surface area contributed by atoms with Crippen molar-refractivity contribution in [3.05, 3.63) is 52.6 Å². The van der Waals surface area contributed by atoms with Crippen LogP contribution in [0.1, 0.15) is 34.1 Å². The highest BCUT2D eigenvalue weighted by atomic mass is 19.1. The maximum Gasteiger partial charge on any atom is 0.341 e. The summed E-state index contributed by atoms with van der Waals surface area (Å²) in [7, 11) is 3.67. The summed E-state index contributed by atoms with van der Waals surface area (Å²) in [6, 6.07) is 5.15. The third kappa shape index (κ3) is 3.49. The Morgan fingerprint density at radius 1 is 1.33 bits per heavy atom. The van der Waals surface area contributed by atoms with Gasteiger partial charge in [0.2, 0.25) is 0 Å². The fourth-order valence-electron chi connectivity index (χ4n) is 3.24. The molecule has 7 heteroatoms. The Balaban J connectivity index is 2.12. The number of fused-ring (bicyclic) bond motifs is 1. The van der Waals surface area contributed by atoms with Crippen molar-refractivity contribution in [2.75, 3.05) is 18.6 Å². The van der Waals surface area contributed by atoms with Gasteiger partial charge in [-0.25, -0.2) is 14.2 Å². The first-order chi connectivity index (χ1) is 12.8. The number of carbonyl (C=O) groups excluding carboxylic acids is 1. The van der Waals surface area contributed by atoms with Crippen molar-refractivity contribution >= 4 is 22.7 Å². The normalized spacial score (nSPS) is 11.0. The second kappa shape index (κ2) is 7.34. The number of hydrogen-bond donors (Lipinski definition) is 0. The molecule has 0 unspecified atom stereocenters. The second-order valence-electron chi connectivity index (χ2n) is 6.59. The molecule has 0 fully saturated rings. The summed E-state index contributed by atoms with van der Waals surface area (Å²) in [5.41, 5.74) is 3.91. The number of ether oxygens (including phenoxy) is 1. The van der Waals surface area contributed by atoms with Crippen LogP contribution in [0.4, 0.5) is 10.1 Å². The Morgan fingerprint density at radius 2 is 2.07 bits per heavy atom. The lowest BCUT2D eigenvalue weighted by Crippen LogP contribution is -2.21. The summed E-state index contributed by atoms with van der Waals surface area (Å²) >= 11 is 0. The van der Waals surface area contributed by atoms with E-state index in [0.717, 1.165) is 16.6 Å². The minimum Gasteiger partial charge on any atom is -0.462 e. The van der Waals surface area contributed by atoms with Gasteiger partial charge < -0.3 is 9.64 Å². The van der Waals surface area contributed by atoms with Gasteiger partial charge in [0.05, 0.1) is 23.4 Å². The molecular formula is C20H23FN4O2. The first kappa shape index (κ1) is 18.8. The molecule has 0 aliphatic rings. The van der Waals surface area contributed by atoms with Crippen LogP contribution in [-0.2, 0) is 18.3 Å². The lowest BCUT2D eigenvalue weighted by Gasteiger charge is -2.23. The van der Waals surface area contributed by atoms with Crippen molar-refractivity contribution in [3.63, 3.8) is 0 Å². The molecule has 1 aromatic carbocycles. The van der Waals surface area contributed by atoms with E-state index in [1.54, 1.807) is 24.6 Å². The van der Waals surface area contributed by atoms with Crippen LogP contribution < -0.4 is 4.90 Å². The molecule has 0 amide bonds. The first-order valence-electron chi connectivity index (χ1n) is 8.79. The SMILES string of the molecule is CCOC(=O)c1cnc2c(c(C)nn2C)c1N(C)Cc1ccc(C)c(F)c1. The van der Waals surface area contributed by atoms with Gasteiger partial charge in [-0.2, -0.15) is 5.10 Å². The molecular weight excluding hydrogens is 347 g/mol. The van der Waals surface area contributed by atoms with Crippen molar-refractivity contribution in [2.45, 2.75) is 27.3 Å². The number of nitrogens with zero attached hydrogens (tertiary/aromatic N) is 4. The van der Waals surface area contributed by atoms with Crippen LogP contribution in [0.25, 0.3) is 11.0 Å². The van der Waals surface area contributed by atoms with Gasteiger partial charge in [-0.15, -0.1) is 0 Å². The summed E-state index contributed by atoms with van der Waals surface area (Å²) in [4.78, 5) is 18.8. The number of esters is 1. The largest absolute Gasteiger partial charge is 0.462 e. The first-order valence-corrected chi connectivity index (χ1v) is 8.79. The van der Waals surface area contributed by atoms with Crippen molar-refractivity contribution in [2.24, 2.45) is 7.05 Å². The minimum atomic E-state index is -0.438. The maximum absolute atomic E-state index is 13.9. The summed E-state index contributed by atoms with van der Waals surface area (Å²) in [5.74, 6) is -0.684. The molecule has 27 heavy (non-hydrogen) atoms. The number of aryl methyl sites for hydroxylation is 3. The molecule has 0 aliphatic heterocycles. The molecule has 0 radical (unpaired) electrons. The second-order valence-corrected chi connectivity index (χ2v) is 6.59. The molecule has 0 aliphatic carbocycles. The zero-order chi connectivity index (χ0) is 19.7. The molecule has 3 aromatic rings. The van der Waals surface area contributed by atoms with Crippen LogP contribution in [0.2, 0.25) is 0 Å². The highest BCUT2D eigenvalue weighted by molar-refractivity contribution is 6.05. The van der Waals surface area contributed by atoms with E-state index in [9.17, 15) is 9.18 Å². The fourth-order valence-corrected chi connectivity index (χ4v) is 3.24. The van der Waals surface area contributed by atoms with Gasteiger partial charge in [0, 0.05) is 26.8 Å². The topological polar surface area (TPSA) is 60.2 Å². The van der Waals surface area contributed by atoms with E-state index in [0.29, 0.717) is 29.0 Å². The predicted octanol–water partition coefficient (Wildman–Crippen LogP) is 3.54. The minimum absolute atomic E-state index is 0.246. The van der Waals surface area contributed by atoms with Crippen LogP contribution in [0.15, 0.2) is 24.4 Å². The molecule has 0 bridgehead atoms. The molecule has 0 N–H and O–H groups in total. The van der Waals surface area contributed by atoms with Gasteiger partial charge in [0.1, 0.15) is 11.4 Å². The van der Waals surface area contributed by atoms with E-state index in [1.165, 1.54) is 12.3 Å². The molecule has 2 aromatic heterocycles. The lowest BCUT2D eigenvalue weighted by molar-refractivity contribution is 0.0527. The van der Waals surface area contributed by atoms with Crippen LogP contribution >= 0.6 is 0 Å². The number of hydrogen-bond acceptors (Lipinski definition) is 5. The zero-order valence-electron chi connectivity index (χ0n) is 16.2. The summed E-state index contributed by atoms with van der Waals surface area (Å²) in [6.07, 6.45) is 1.52. The van der Waals surface area contributed by atoms with Gasteiger partial charge in [-0.1, -0.05) is 12.1 Å². The quantitative estimate of drug-likeness (QED) is 0.643. The predicted molar refractivity (Wildman–Crippen MR) is 102 cm³/mol.